The zero-order valence-electron chi connectivity index (χ0n) is 13.5. The SMILES string of the molecule is O=C(NCc1cccc(CN2CCCC2=O)c1)C1CCCNC1. The Morgan fingerprint density at radius 3 is 2.91 bits per heavy atom. The van der Waals surface area contributed by atoms with Crippen molar-refractivity contribution in [3.63, 3.8) is 0 Å². The number of nitrogens with one attached hydrogen (secondary N) is 2. The molecule has 124 valence electrons. The molecule has 1 aromatic rings. The summed E-state index contributed by atoms with van der Waals surface area (Å²) in [7, 11) is 0. The summed E-state index contributed by atoms with van der Waals surface area (Å²) in [5.74, 6) is 0.472. The average Bonchev–Trinajstić information content (AvgIpc) is 2.99. The van der Waals surface area contributed by atoms with Gasteiger partial charge in [-0.3, -0.25) is 9.59 Å². The van der Waals surface area contributed by atoms with E-state index in [1.54, 1.807) is 0 Å². The number of nitrogens with zero attached hydrogens (tertiary/aromatic N) is 1. The van der Waals surface area contributed by atoms with Crippen molar-refractivity contribution in [1.82, 2.24) is 15.5 Å². The van der Waals surface area contributed by atoms with Crippen molar-refractivity contribution in [1.29, 1.82) is 0 Å². The van der Waals surface area contributed by atoms with Crippen molar-refractivity contribution in [2.24, 2.45) is 5.92 Å². The smallest absolute Gasteiger partial charge is 0.224 e. The molecule has 2 amide bonds. The maximum absolute atomic E-state index is 12.2. The number of rotatable bonds is 5. The van der Waals surface area contributed by atoms with Gasteiger partial charge in [-0.05, 0) is 36.9 Å². The highest BCUT2D eigenvalue weighted by Crippen LogP contribution is 2.15. The molecular weight excluding hydrogens is 290 g/mol. The highest BCUT2D eigenvalue weighted by molar-refractivity contribution is 5.79. The van der Waals surface area contributed by atoms with Crippen LogP contribution in [0.25, 0.3) is 0 Å². The fourth-order valence-electron chi connectivity index (χ4n) is 3.34. The van der Waals surface area contributed by atoms with Gasteiger partial charge in [-0.25, -0.2) is 0 Å². The van der Waals surface area contributed by atoms with E-state index in [-0.39, 0.29) is 17.7 Å². The predicted octanol–water partition coefficient (Wildman–Crippen LogP) is 1.42. The van der Waals surface area contributed by atoms with Crippen LogP contribution in [0.5, 0.6) is 0 Å². The maximum atomic E-state index is 12.2. The van der Waals surface area contributed by atoms with Crippen LogP contribution in [0, 0.1) is 5.92 Å². The van der Waals surface area contributed by atoms with E-state index in [1.807, 2.05) is 23.1 Å². The summed E-state index contributed by atoms with van der Waals surface area (Å²) in [6.07, 6.45) is 3.67. The zero-order chi connectivity index (χ0) is 16.1. The van der Waals surface area contributed by atoms with Crippen molar-refractivity contribution >= 4 is 11.8 Å². The van der Waals surface area contributed by atoms with Gasteiger partial charge in [0.25, 0.3) is 0 Å². The van der Waals surface area contributed by atoms with Gasteiger partial charge in [0.05, 0.1) is 5.92 Å². The predicted molar refractivity (Wildman–Crippen MR) is 88.5 cm³/mol. The van der Waals surface area contributed by atoms with E-state index in [0.717, 1.165) is 50.0 Å². The second-order valence-electron chi connectivity index (χ2n) is 6.50. The molecule has 5 nitrogen and oxygen atoms in total. The van der Waals surface area contributed by atoms with Crippen molar-refractivity contribution in [3.05, 3.63) is 35.4 Å². The average molecular weight is 315 g/mol. The number of benzene rings is 1. The molecule has 2 heterocycles. The lowest BCUT2D eigenvalue weighted by Crippen LogP contribution is -2.40. The van der Waals surface area contributed by atoms with Gasteiger partial charge in [0.15, 0.2) is 0 Å². The van der Waals surface area contributed by atoms with Crippen LogP contribution in [0.3, 0.4) is 0 Å². The molecule has 2 saturated heterocycles. The summed E-state index contributed by atoms with van der Waals surface area (Å²) in [6, 6.07) is 8.15. The molecule has 0 radical (unpaired) electrons. The lowest BCUT2D eigenvalue weighted by atomic mass is 9.99. The topological polar surface area (TPSA) is 61.4 Å². The van der Waals surface area contributed by atoms with Crippen LogP contribution in [-0.4, -0.2) is 36.3 Å². The molecule has 0 saturated carbocycles. The Morgan fingerprint density at radius 1 is 1.30 bits per heavy atom. The zero-order valence-corrected chi connectivity index (χ0v) is 13.5. The van der Waals surface area contributed by atoms with Crippen molar-refractivity contribution < 1.29 is 9.59 Å². The quantitative estimate of drug-likeness (QED) is 0.864. The molecule has 23 heavy (non-hydrogen) atoms. The highest BCUT2D eigenvalue weighted by Gasteiger charge is 2.21. The summed E-state index contributed by atoms with van der Waals surface area (Å²) in [4.78, 5) is 25.8. The minimum absolute atomic E-state index is 0.0918. The molecule has 0 aliphatic carbocycles. The highest BCUT2D eigenvalue weighted by atomic mass is 16.2. The minimum Gasteiger partial charge on any atom is -0.352 e. The van der Waals surface area contributed by atoms with Crippen LogP contribution in [0.1, 0.15) is 36.8 Å². The third kappa shape index (κ3) is 4.32. The van der Waals surface area contributed by atoms with E-state index in [9.17, 15) is 9.59 Å². The summed E-state index contributed by atoms with van der Waals surface area (Å²) in [5, 5.41) is 6.31. The maximum Gasteiger partial charge on any atom is 0.224 e. The number of amides is 2. The Hall–Kier alpha value is -1.88. The lowest BCUT2D eigenvalue weighted by molar-refractivity contribution is -0.128. The van der Waals surface area contributed by atoms with Gasteiger partial charge in [0.1, 0.15) is 0 Å². The first-order valence-electron chi connectivity index (χ1n) is 8.56. The second kappa shape index (κ2) is 7.59. The molecule has 1 unspecified atom stereocenters. The van der Waals surface area contributed by atoms with Gasteiger partial charge in [-0.1, -0.05) is 24.3 Å². The first-order valence-corrected chi connectivity index (χ1v) is 8.56. The molecule has 1 aromatic carbocycles. The summed E-state index contributed by atoms with van der Waals surface area (Å²) < 4.78 is 0. The molecule has 0 bridgehead atoms. The first-order chi connectivity index (χ1) is 11.2. The molecule has 0 spiro atoms. The Kier molecular flexibility index (Phi) is 5.28. The van der Waals surface area contributed by atoms with E-state index in [1.165, 1.54) is 0 Å². The van der Waals surface area contributed by atoms with Crippen LogP contribution in [-0.2, 0) is 22.7 Å². The fourth-order valence-corrected chi connectivity index (χ4v) is 3.34. The molecule has 2 N–H and O–H groups in total. The largest absolute Gasteiger partial charge is 0.352 e. The van der Waals surface area contributed by atoms with E-state index in [2.05, 4.69) is 16.7 Å². The van der Waals surface area contributed by atoms with Gasteiger partial charge in [0, 0.05) is 32.6 Å². The Morgan fingerprint density at radius 2 is 2.17 bits per heavy atom. The van der Waals surface area contributed by atoms with Crippen LogP contribution >= 0.6 is 0 Å². The normalized spacial score (nSPS) is 21.5. The van der Waals surface area contributed by atoms with E-state index in [4.69, 9.17) is 0 Å². The van der Waals surface area contributed by atoms with Crippen molar-refractivity contribution in [2.75, 3.05) is 19.6 Å². The van der Waals surface area contributed by atoms with E-state index >= 15 is 0 Å². The Bertz CT molecular complexity index is 567. The summed E-state index contributed by atoms with van der Waals surface area (Å²) in [6.45, 7) is 3.88. The monoisotopic (exact) mass is 315 g/mol. The molecule has 2 fully saturated rings. The molecule has 5 heteroatoms. The molecule has 3 rings (SSSR count). The summed E-state index contributed by atoms with van der Waals surface area (Å²) in [5.41, 5.74) is 2.22. The van der Waals surface area contributed by atoms with Crippen LogP contribution in [0.2, 0.25) is 0 Å². The number of piperidine rings is 1. The Balaban J connectivity index is 1.52. The standard InChI is InChI=1S/C18H25N3O2/c22-17-7-3-9-21(17)13-15-5-1-4-14(10-15)11-20-18(23)16-6-2-8-19-12-16/h1,4-5,10,16,19H,2-3,6-9,11-13H2,(H,20,23). The van der Waals surface area contributed by atoms with Crippen LogP contribution < -0.4 is 10.6 Å². The lowest BCUT2D eigenvalue weighted by Gasteiger charge is -2.22. The third-order valence-electron chi connectivity index (χ3n) is 4.67. The number of hydrogen-bond donors (Lipinski definition) is 2. The number of hydrogen-bond acceptors (Lipinski definition) is 3. The summed E-state index contributed by atoms with van der Waals surface area (Å²) >= 11 is 0. The molecule has 2 aliphatic rings. The van der Waals surface area contributed by atoms with Crippen molar-refractivity contribution in [2.45, 2.75) is 38.8 Å². The number of carbonyl (C=O) groups is 2. The van der Waals surface area contributed by atoms with Gasteiger partial charge >= 0.3 is 0 Å². The van der Waals surface area contributed by atoms with Crippen LogP contribution in [0.15, 0.2) is 24.3 Å². The van der Waals surface area contributed by atoms with Gasteiger partial charge in [-0.2, -0.15) is 0 Å². The number of carbonyl (C=O) groups excluding carboxylic acids is 2. The molecule has 0 aromatic heterocycles. The van der Waals surface area contributed by atoms with Gasteiger partial charge in [0.2, 0.25) is 11.8 Å². The van der Waals surface area contributed by atoms with Crippen molar-refractivity contribution in [3.8, 4) is 0 Å². The Labute approximate surface area is 137 Å². The first kappa shape index (κ1) is 16.0. The van der Waals surface area contributed by atoms with E-state index in [0.29, 0.717) is 19.5 Å². The number of likely N-dealkylation sites (tertiary alicyclic amines) is 1. The van der Waals surface area contributed by atoms with Crippen LogP contribution in [0.4, 0.5) is 0 Å². The van der Waals surface area contributed by atoms with Gasteiger partial charge in [-0.15, -0.1) is 0 Å². The minimum atomic E-state index is 0.0918. The fraction of sp³-hybridized carbons (Fsp3) is 0.556. The third-order valence-corrected chi connectivity index (χ3v) is 4.67. The molecule has 1 atom stereocenters. The molecular formula is C18H25N3O2. The second-order valence-corrected chi connectivity index (χ2v) is 6.50. The molecule has 2 aliphatic heterocycles. The van der Waals surface area contributed by atoms with Gasteiger partial charge < -0.3 is 15.5 Å². The van der Waals surface area contributed by atoms with E-state index < -0.39 is 0 Å².